The fraction of sp³-hybridized carbons (Fsp3) is 1.00. The van der Waals surface area contributed by atoms with E-state index < -0.39 is 9.09 Å². The molecule has 0 aromatic carbocycles. The van der Waals surface area contributed by atoms with Gasteiger partial charge in [-0.25, -0.2) is 4.39 Å². The maximum atomic E-state index is 13.2. The van der Waals surface area contributed by atoms with Crippen LogP contribution in [0.5, 0.6) is 0 Å². The first-order valence-corrected chi connectivity index (χ1v) is 5.33. The van der Waals surface area contributed by atoms with E-state index >= 15 is 0 Å². The van der Waals surface area contributed by atoms with E-state index in [2.05, 4.69) is 31.9 Å². The van der Waals surface area contributed by atoms with Crippen LogP contribution in [0.25, 0.3) is 0 Å². The zero-order valence-electron chi connectivity index (χ0n) is 6.12. The lowest BCUT2D eigenvalue weighted by Crippen LogP contribution is -2.44. The average Bonchev–Trinajstić information content (AvgIpc) is 1.87. The summed E-state index contributed by atoms with van der Waals surface area (Å²) in [6.07, 6.45) is 3.96. The number of halogens is 3. The Bertz CT molecular complexity index is 138. The molecule has 1 saturated carbocycles. The largest absolute Gasteiger partial charge is 0.385 e. The molecule has 1 aliphatic rings. The molecule has 0 unspecified atom stereocenters. The van der Waals surface area contributed by atoms with Crippen LogP contribution in [0.15, 0.2) is 0 Å². The summed E-state index contributed by atoms with van der Waals surface area (Å²) in [7, 11) is 0. The zero-order valence-corrected chi connectivity index (χ0v) is 9.29. The molecule has 1 rings (SSSR count). The molecular formula is C7H11Br2FO. The van der Waals surface area contributed by atoms with Gasteiger partial charge < -0.3 is 5.11 Å². The van der Waals surface area contributed by atoms with Gasteiger partial charge in [0, 0.05) is 0 Å². The van der Waals surface area contributed by atoms with E-state index in [1.807, 2.05) is 0 Å². The minimum absolute atomic E-state index is 0.528. The minimum Gasteiger partial charge on any atom is -0.385 e. The van der Waals surface area contributed by atoms with Crippen LogP contribution in [-0.4, -0.2) is 14.2 Å². The van der Waals surface area contributed by atoms with Gasteiger partial charge in [-0.2, -0.15) is 0 Å². The van der Waals surface area contributed by atoms with Crippen molar-refractivity contribution in [3.05, 3.63) is 0 Å². The average molecular weight is 290 g/mol. The van der Waals surface area contributed by atoms with Crippen LogP contribution in [0.2, 0.25) is 0 Å². The maximum absolute atomic E-state index is 13.2. The molecule has 4 heteroatoms. The number of aliphatic hydroxyl groups is 1. The van der Waals surface area contributed by atoms with Gasteiger partial charge in [0.25, 0.3) is 0 Å². The van der Waals surface area contributed by atoms with Crippen molar-refractivity contribution in [2.24, 2.45) is 0 Å². The molecule has 66 valence electrons. The van der Waals surface area contributed by atoms with Crippen molar-refractivity contribution in [1.82, 2.24) is 0 Å². The van der Waals surface area contributed by atoms with Crippen molar-refractivity contribution in [2.75, 3.05) is 0 Å². The lowest BCUT2D eigenvalue weighted by molar-refractivity contribution is -0.0379. The Morgan fingerprint density at radius 2 is 1.64 bits per heavy atom. The van der Waals surface area contributed by atoms with Crippen molar-refractivity contribution in [3.8, 4) is 0 Å². The molecule has 0 heterocycles. The number of rotatable bonds is 1. The Morgan fingerprint density at radius 1 is 1.18 bits per heavy atom. The van der Waals surface area contributed by atoms with Crippen LogP contribution in [0.4, 0.5) is 4.39 Å². The summed E-state index contributed by atoms with van der Waals surface area (Å²) in [5.41, 5.74) is -1.22. The van der Waals surface area contributed by atoms with E-state index in [1.54, 1.807) is 0 Å². The van der Waals surface area contributed by atoms with E-state index in [9.17, 15) is 9.50 Å². The van der Waals surface area contributed by atoms with Crippen LogP contribution in [0, 0.1) is 0 Å². The van der Waals surface area contributed by atoms with Crippen LogP contribution >= 0.6 is 31.9 Å². The quantitative estimate of drug-likeness (QED) is 0.736. The van der Waals surface area contributed by atoms with Crippen molar-refractivity contribution in [1.29, 1.82) is 0 Å². The van der Waals surface area contributed by atoms with Gasteiger partial charge in [-0.3, -0.25) is 0 Å². The summed E-state index contributed by atoms with van der Waals surface area (Å²) in [6, 6.07) is 0. The third-order valence-corrected chi connectivity index (χ3v) is 3.68. The smallest absolute Gasteiger partial charge is 0.247 e. The van der Waals surface area contributed by atoms with Crippen molar-refractivity contribution >= 4 is 31.9 Å². The Hall–Kier alpha value is 0.850. The monoisotopic (exact) mass is 288 g/mol. The standard InChI is InChI=1S/C7H11Br2FO/c8-7(9,10)6(11)4-2-1-3-5-6/h11H,1-5H2. The Kier molecular flexibility index (Phi) is 2.98. The van der Waals surface area contributed by atoms with Crippen molar-refractivity contribution in [2.45, 2.75) is 41.2 Å². The summed E-state index contributed by atoms with van der Waals surface area (Å²) in [4.78, 5) is 0. The molecule has 0 saturated heterocycles. The summed E-state index contributed by atoms with van der Waals surface area (Å²) in [6.45, 7) is 0. The van der Waals surface area contributed by atoms with Gasteiger partial charge in [0.1, 0.15) is 5.60 Å². The van der Waals surface area contributed by atoms with E-state index in [4.69, 9.17) is 0 Å². The number of hydrogen-bond donors (Lipinski definition) is 1. The third kappa shape index (κ3) is 2.16. The molecule has 0 bridgehead atoms. The predicted molar refractivity (Wildman–Crippen MR) is 49.7 cm³/mol. The second-order valence-electron chi connectivity index (χ2n) is 3.09. The van der Waals surface area contributed by atoms with E-state index in [-0.39, 0.29) is 0 Å². The highest BCUT2D eigenvalue weighted by molar-refractivity contribution is 9.25. The second kappa shape index (κ2) is 3.30. The first-order chi connectivity index (χ1) is 4.96. The van der Waals surface area contributed by atoms with Gasteiger partial charge in [-0.1, -0.05) is 19.3 Å². The molecular weight excluding hydrogens is 279 g/mol. The topological polar surface area (TPSA) is 20.2 Å². The Morgan fingerprint density at radius 3 is 1.91 bits per heavy atom. The van der Waals surface area contributed by atoms with Crippen LogP contribution in [0.1, 0.15) is 32.1 Å². The molecule has 0 aliphatic heterocycles. The second-order valence-corrected chi connectivity index (χ2v) is 6.34. The van der Waals surface area contributed by atoms with Crippen LogP contribution in [-0.2, 0) is 0 Å². The number of alkyl halides is 3. The highest BCUT2D eigenvalue weighted by Crippen LogP contribution is 2.47. The van der Waals surface area contributed by atoms with E-state index in [0.29, 0.717) is 12.8 Å². The molecule has 1 N–H and O–H groups in total. The summed E-state index contributed by atoms with van der Waals surface area (Å²) in [5.74, 6) is 0. The maximum Gasteiger partial charge on any atom is 0.247 e. The molecule has 0 amide bonds. The fourth-order valence-corrected chi connectivity index (χ4v) is 2.21. The first kappa shape index (κ1) is 9.93. The lowest BCUT2D eigenvalue weighted by Gasteiger charge is -2.36. The summed E-state index contributed by atoms with van der Waals surface area (Å²) >= 11 is 5.59. The molecule has 1 aliphatic carbocycles. The Labute approximate surface area is 82.6 Å². The van der Waals surface area contributed by atoms with Crippen molar-refractivity contribution in [3.63, 3.8) is 0 Å². The molecule has 0 aromatic heterocycles. The zero-order chi connectivity index (χ0) is 8.54. The molecule has 1 nitrogen and oxygen atoms in total. The highest BCUT2D eigenvalue weighted by atomic mass is 79.9. The van der Waals surface area contributed by atoms with Crippen molar-refractivity contribution < 1.29 is 9.50 Å². The molecule has 0 atom stereocenters. The van der Waals surface area contributed by atoms with E-state index in [0.717, 1.165) is 19.3 Å². The normalized spacial score (nSPS) is 25.1. The SMILES string of the molecule is OC1(C(F)(Br)Br)CCCCC1. The minimum atomic E-state index is -1.81. The van der Waals surface area contributed by atoms with Crippen LogP contribution < -0.4 is 0 Å². The molecule has 0 spiro atoms. The summed E-state index contributed by atoms with van der Waals surface area (Å²) in [5, 5.41) is 9.74. The van der Waals surface area contributed by atoms with Gasteiger partial charge in [0.15, 0.2) is 0 Å². The fourth-order valence-electron chi connectivity index (χ4n) is 1.42. The lowest BCUT2D eigenvalue weighted by atomic mass is 9.86. The highest BCUT2D eigenvalue weighted by Gasteiger charge is 2.47. The molecule has 0 aromatic rings. The van der Waals surface area contributed by atoms with E-state index in [1.165, 1.54) is 0 Å². The molecule has 11 heavy (non-hydrogen) atoms. The van der Waals surface area contributed by atoms with Gasteiger partial charge in [-0.15, -0.1) is 0 Å². The number of hydrogen-bond acceptors (Lipinski definition) is 1. The Balaban J connectivity index is 2.64. The predicted octanol–water partition coefficient (Wildman–Crippen LogP) is 3.09. The summed E-state index contributed by atoms with van der Waals surface area (Å²) < 4.78 is 11.4. The van der Waals surface area contributed by atoms with Gasteiger partial charge >= 0.3 is 0 Å². The third-order valence-electron chi connectivity index (χ3n) is 2.21. The van der Waals surface area contributed by atoms with Gasteiger partial charge in [0.05, 0.1) is 0 Å². The van der Waals surface area contributed by atoms with Gasteiger partial charge in [0.2, 0.25) is 3.49 Å². The van der Waals surface area contributed by atoms with Gasteiger partial charge in [-0.05, 0) is 44.7 Å². The molecule has 1 fully saturated rings. The first-order valence-electron chi connectivity index (χ1n) is 3.75. The molecule has 0 radical (unpaired) electrons. The van der Waals surface area contributed by atoms with Crippen LogP contribution in [0.3, 0.4) is 0 Å².